The molecular formula is C18H21ClOS. The van der Waals surface area contributed by atoms with Gasteiger partial charge in [-0.25, -0.2) is 0 Å². The lowest BCUT2D eigenvalue weighted by Gasteiger charge is -2.15. The van der Waals surface area contributed by atoms with Crippen molar-refractivity contribution in [2.24, 2.45) is 5.92 Å². The van der Waals surface area contributed by atoms with E-state index in [1.807, 2.05) is 30.0 Å². The fourth-order valence-corrected chi connectivity index (χ4v) is 3.58. The van der Waals surface area contributed by atoms with Crippen molar-refractivity contribution >= 4 is 23.4 Å². The molecule has 0 aliphatic heterocycles. The van der Waals surface area contributed by atoms with Gasteiger partial charge < -0.3 is 4.74 Å². The maximum atomic E-state index is 6.14. The van der Waals surface area contributed by atoms with Crippen LogP contribution in [0.15, 0.2) is 59.5 Å². The standard InChI is InChI=1S/C18H21ClOS/c1-20-18-10-6-5-7-16(18)13-15(14-19)11-12-21-17-8-3-2-4-9-17/h2-10,15H,11-14H2,1H3. The van der Waals surface area contributed by atoms with E-state index in [9.17, 15) is 0 Å². The lowest BCUT2D eigenvalue weighted by Crippen LogP contribution is -2.08. The Morgan fingerprint density at radius 2 is 1.76 bits per heavy atom. The molecule has 0 saturated heterocycles. The van der Waals surface area contributed by atoms with E-state index in [2.05, 4.69) is 36.4 Å². The lowest BCUT2D eigenvalue weighted by atomic mass is 9.98. The van der Waals surface area contributed by atoms with Crippen molar-refractivity contribution in [2.45, 2.75) is 17.7 Å². The van der Waals surface area contributed by atoms with Crippen LogP contribution in [0.4, 0.5) is 0 Å². The maximum Gasteiger partial charge on any atom is 0.122 e. The SMILES string of the molecule is COc1ccccc1CC(CCl)CCSc1ccccc1. The molecule has 2 rings (SSSR count). The second kappa shape index (κ2) is 9.01. The molecule has 0 bridgehead atoms. The summed E-state index contributed by atoms with van der Waals surface area (Å²) in [5.74, 6) is 3.23. The number of hydrogen-bond donors (Lipinski definition) is 0. The van der Waals surface area contributed by atoms with Gasteiger partial charge in [-0.1, -0.05) is 36.4 Å². The van der Waals surface area contributed by atoms with E-state index >= 15 is 0 Å². The van der Waals surface area contributed by atoms with Crippen LogP contribution < -0.4 is 4.74 Å². The Kier molecular flexibility index (Phi) is 6.98. The van der Waals surface area contributed by atoms with Crippen LogP contribution in [0.2, 0.25) is 0 Å². The molecule has 1 nitrogen and oxygen atoms in total. The van der Waals surface area contributed by atoms with E-state index in [-0.39, 0.29) is 0 Å². The summed E-state index contributed by atoms with van der Waals surface area (Å²) >= 11 is 8.04. The minimum absolute atomic E-state index is 0.485. The molecule has 0 N–H and O–H groups in total. The molecule has 0 saturated carbocycles. The van der Waals surface area contributed by atoms with Gasteiger partial charge in [0.05, 0.1) is 7.11 Å². The number of para-hydroxylation sites is 1. The molecule has 3 heteroatoms. The van der Waals surface area contributed by atoms with E-state index in [1.54, 1.807) is 7.11 Å². The first-order valence-corrected chi connectivity index (χ1v) is 8.71. The molecule has 0 amide bonds. The smallest absolute Gasteiger partial charge is 0.122 e. The van der Waals surface area contributed by atoms with Crippen molar-refractivity contribution < 1.29 is 4.74 Å². The van der Waals surface area contributed by atoms with Crippen molar-refractivity contribution in [3.63, 3.8) is 0 Å². The van der Waals surface area contributed by atoms with Crippen molar-refractivity contribution in [3.8, 4) is 5.75 Å². The number of thioether (sulfide) groups is 1. The summed E-state index contributed by atoms with van der Waals surface area (Å²) in [6.07, 6.45) is 2.09. The van der Waals surface area contributed by atoms with Crippen molar-refractivity contribution in [1.82, 2.24) is 0 Å². The minimum Gasteiger partial charge on any atom is -0.496 e. The Labute approximate surface area is 136 Å². The largest absolute Gasteiger partial charge is 0.496 e. The zero-order valence-electron chi connectivity index (χ0n) is 12.3. The van der Waals surface area contributed by atoms with Crippen LogP contribution in [-0.4, -0.2) is 18.7 Å². The van der Waals surface area contributed by atoms with Crippen LogP contribution in [0, 0.1) is 5.92 Å². The number of alkyl halides is 1. The predicted octanol–water partition coefficient (Wildman–Crippen LogP) is 5.28. The fourth-order valence-electron chi connectivity index (χ4n) is 2.28. The van der Waals surface area contributed by atoms with Gasteiger partial charge in [0.15, 0.2) is 0 Å². The van der Waals surface area contributed by atoms with Gasteiger partial charge in [-0.05, 0) is 48.3 Å². The highest BCUT2D eigenvalue weighted by atomic mass is 35.5. The normalized spacial score (nSPS) is 12.1. The van der Waals surface area contributed by atoms with E-state index < -0.39 is 0 Å². The summed E-state index contributed by atoms with van der Waals surface area (Å²) in [6.45, 7) is 0. The first-order chi connectivity index (χ1) is 10.3. The van der Waals surface area contributed by atoms with Gasteiger partial charge in [-0.15, -0.1) is 23.4 Å². The Hall–Kier alpha value is -1.12. The molecule has 1 atom stereocenters. The van der Waals surface area contributed by atoms with Crippen LogP contribution >= 0.6 is 23.4 Å². The van der Waals surface area contributed by atoms with Crippen LogP contribution in [0.3, 0.4) is 0 Å². The van der Waals surface area contributed by atoms with Gasteiger partial charge in [0, 0.05) is 10.8 Å². The molecule has 2 aromatic rings. The minimum atomic E-state index is 0.485. The summed E-state index contributed by atoms with van der Waals surface area (Å²) in [6, 6.07) is 18.7. The molecule has 2 aromatic carbocycles. The number of halogens is 1. The van der Waals surface area contributed by atoms with Crippen molar-refractivity contribution in [3.05, 3.63) is 60.2 Å². The van der Waals surface area contributed by atoms with Gasteiger partial charge in [-0.2, -0.15) is 0 Å². The van der Waals surface area contributed by atoms with E-state index in [0.29, 0.717) is 11.8 Å². The molecule has 0 aromatic heterocycles. The molecule has 1 unspecified atom stereocenters. The number of rotatable bonds is 8. The molecule has 21 heavy (non-hydrogen) atoms. The van der Waals surface area contributed by atoms with Crippen LogP contribution in [0.25, 0.3) is 0 Å². The molecule has 0 aliphatic rings. The molecule has 112 valence electrons. The van der Waals surface area contributed by atoms with Crippen molar-refractivity contribution in [1.29, 1.82) is 0 Å². The van der Waals surface area contributed by atoms with Gasteiger partial charge in [0.1, 0.15) is 5.75 Å². The Morgan fingerprint density at radius 3 is 2.48 bits per heavy atom. The molecule has 0 aliphatic carbocycles. The molecule has 0 fully saturated rings. The zero-order valence-corrected chi connectivity index (χ0v) is 13.9. The quantitative estimate of drug-likeness (QED) is 0.483. The number of methoxy groups -OCH3 is 1. The lowest BCUT2D eigenvalue weighted by molar-refractivity contribution is 0.405. The van der Waals surface area contributed by atoms with Gasteiger partial charge in [-0.3, -0.25) is 0 Å². The monoisotopic (exact) mass is 320 g/mol. The first-order valence-electron chi connectivity index (χ1n) is 7.19. The van der Waals surface area contributed by atoms with E-state index in [0.717, 1.165) is 24.3 Å². The summed E-state index contributed by atoms with van der Waals surface area (Å²) in [4.78, 5) is 1.32. The number of ether oxygens (including phenoxy) is 1. The molecular weight excluding hydrogens is 300 g/mol. The second-order valence-electron chi connectivity index (χ2n) is 4.99. The highest BCUT2D eigenvalue weighted by Gasteiger charge is 2.11. The third kappa shape index (κ3) is 5.29. The Balaban J connectivity index is 1.85. The topological polar surface area (TPSA) is 9.23 Å². The predicted molar refractivity (Wildman–Crippen MR) is 92.7 cm³/mol. The van der Waals surface area contributed by atoms with Crippen LogP contribution in [-0.2, 0) is 6.42 Å². The number of benzene rings is 2. The van der Waals surface area contributed by atoms with Crippen LogP contribution in [0.5, 0.6) is 5.75 Å². The average Bonchev–Trinajstić information content (AvgIpc) is 2.55. The maximum absolute atomic E-state index is 6.14. The molecule has 0 radical (unpaired) electrons. The third-order valence-corrected chi connectivity index (χ3v) is 4.94. The first kappa shape index (κ1) is 16.3. The number of hydrogen-bond acceptors (Lipinski definition) is 2. The third-order valence-electron chi connectivity index (χ3n) is 3.46. The highest BCUT2D eigenvalue weighted by molar-refractivity contribution is 7.99. The highest BCUT2D eigenvalue weighted by Crippen LogP contribution is 2.25. The molecule has 0 spiro atoms. The summed E-state index contributed by atoms with van der Waals surface area (Å²) in [5.41, 5.74) is 1.25. The summed E-state index contributed by atoms with van der Waals surface area (Å²) in [5, 5.41) is 0. The second-order valence-corrected chi connectivity index (χ2v) is 6.46. The Morgan fingerprint density at radius 1 is 1.05 bits per heavy atom. The van der Waals surface area contributed by atoms with E-state index in [4.69, 9.17) is 16.3 Å². The average molecular weight is 321 g/mol. The zero-order chi connectivity index (χ0) is 14.9. The van der Waals surface area contributed by atoms with Crippen molar-refractivity contribution in [2.75, 3.05) is 18.7 Å². The van der Waals surface area contributed by atoms with Crippen LogP contribution in [0.1, 0.15) is 12.0 Å². The summed E-state index contributed by atoms with van der Waals surface area (Å²) < 4.78 is 5.42. The van der Waals surface area contributed by atoms with E-state index in [1.165, 1.54) is 10.5 Å². The van der Waals surface area contributed by atoms with Gasteiger partial charge in [0.25, 0.3) is 0 Å². The van der Waals surface area contributed by atoms with Gasteiger partial charge >= 0.3 is 0 Å². The fraction of sp³-hybridized carbons (Fsp3) is 0.333. The van der Waals surface area contributed by atoms with Gasteiger partial charge in [0.2, 0.25) is 0 Å². The summed E-state index contributed by atoms with van der Waals surface area (Å²) in [7, 11) is 1.72. The Bertz CT molecular complexity index is 530. The molecule has 0 heterocycles.